The Balaban J connectivity index is 1.61. The van der Waals surface area contributed by atoms with Crippen LogP contribution in [-0.2, 0) is 6.54 Å². The molecule has 1 aromatic heterocycles. The van der Waals surface area contributed by atoms with Crippen molar-refractivity contribution in [2.45, 2.75) is 26.4 Å². The number of likely N-dealkylation sites (tertiary alicyclic amines) is 1. The van der Waals surface area contributed by atoms with Gasteiger partial charge in [-0.25, -0.2) is 0 Å². The predicted molar refractivity (Wildman–Crippen MR) is 97.2 cm³/mol. The standard InChI is InChI=1S/C20H25N3O2/c1-14-11-23(13-16-6-4-3-5-7-16)12-15(2)19(14)22-20(25)17-8-18(24)10-21-9-17/h3-10,14-15,19,24H,11-13H2,1-2H3,(H,22,25)/t14-,15-/m1/s1. The molecule has 25 heavy (non-hydrogen) atoms. The van der Waals surface area contributed by atoms with Crippen molar-refractivity contribution < 1.29 is 9.90 Å². The summed E-state index contributed by atoms with van der Waals surface area (Å²) < 4.78 is 0. The SMILES string of the molecule is C[C@@H]1CN(Cc2ccccc2)C[C@@H](C)C1NC(=O)c1cncc(O)c1. The number of rotatable bonds is 4. The molecule has 5 heteroatoms. The quantitative estimate of drug-likeness (QED) is 0.899. The average Bonchev–Trinajstić information content (AvgIpc) is 2.59. The molecule has 0 bridgehead atoms. The molecule has 2 heterocycles. The predicted octanol–water partition coefficient (Wildman–Crippen LogP) is 2.67. The Bertz CT molecular complexity index is 708. The van der Waals surface area contributed by atoms with Crippen molar-refractivity contribution in [3.05, 3.63) is 59.9 Å². The van der Waals surface area contributed by atoms with Crippen LogP contribution in [0.5, 0.6) is 5.75 Å². The van der Waals surface area contributed by atoms with Gasteiger partial charge in [0.15, 0.2) is 0 Å². The van der Waals surface area contributed by atoms with Gasteiger partial charge in [-0.3, -0.25) is 14.7 Å². The molecule has 2 aromatic rings. The third kappa shape index (κ3) is 4.37. The summed E-state index contributed by atoms with van der Waals surface area (Å²) >= 11 is 0. The van der Waals surface area contributed by atoms with Gasteiger partial charge in [0.25, 0.3) is 5.91 Å². The lowest BCUT2D eigenvalue weighted by molar-refractivity contribution is 0.0732. The fourth-order valence-electron chi connectivity index (χ4n) is 3.72. The molecule has 0 saturated carbocycles. The van der Waals surface area contributed by atoms with E-state index in [0.717, 1.165) is 19.6 Å². The molecule has 1 amide bonds. The van der Waals surface area contributed by atoms with Crippen LogP contribution in [0.25, 0.3) is 0 Å². The van der Waals surface area contributed by atoms with E-state index in [1.54, 1.807) is 0 Å². The maximum absolute atomic E-state index is 12.5. The number of hydrogen-bond acceptors (Lipinski definition) is 4. The van der Waals surface area contributed by atoms with Crippen molar-refractivity contribution in [3.63, 3.8) is 0 Å². The maximum Gasteiger partial charge on any atom is 0.253 e. The van der Waals surface area contributed by atoms with E-state index in [9.17, 15) is 9.90 Å². The Labute approximate surface area is 148 Å². The smallest absolute Gasteiger partial charge is 0.253 e. The Morgan fingerprint density at radius 3 is 2.52 bits per heavy atom. The van der Waals surface area contributed by atoms with Crippen LogP contribution in [0, 0.1) is 11.8 Å². The topological polar surface area (TPSA) is 65.5 Å². The van der Waals surface area contributed by atoms with E-state index in [4.69, 9.17) is 0 Å². The van der Waals surface area contributed by atoms with E-state index < -0.39 is 0 Å². The lowest BCUT2D eigenvalue weighted by atomic mass is 9.85. The second kappa shape index (κ2) is 7.66. The summed E-state index contributed by atoms with van der Waals surface area (Å²) in [6.07, 6.45) is 2.80. The molecule has 1 saturated heterocycles. The van der Waals surface area contributed by atoms with Crippen LogP contribution in [0.15, 0.2) is 48.8 Å². The number of nitrogens with one attached hydrogen (secondary N) is 1. The van der Waals surface area contributed by atoms with Crippen molar-refractivity contribution >= 4 is 5.91 Å². The minimum Gasteiger partial charge on any atom is -0.506 e. The molecule has 0 aliphatic carbocycles. The molecule has 3 rings (SSSR count). The zero-order chi connectivity index (χ0) is 17.8. The number of carbonyl (C=O) groups is 1. The molecule has 1 fully saturated rings. The molecule has 2 N–H and O–H groups in total. The second-order valence-electron chi connectivity index (χ2n) is 7.07. The van der Waals surface area contributed by atoms with Gasteiger partial charge in [-0.1, -0.05) is 44.2 Å². The highest BCUT2D eigenvalue weighted by atomic mass is 16.3. The highest BCUT2D eigenvalue weighted by Crippen LogP contribution is 2.24. The molecule has 1 aliphatic rings. The number of amides is 1. The third-order valence-electron chi connectivity index (χ3n) is 4.85. The van der Waals surface area contributed by atoms with E-state index in [1.807, 2.05) is 6.07 Å². The minimum atomic E-state index is -0.177. The number of hydrogen-bond donors (Lipinski definition) is 2. The third-order valence-corrected chi connectivity index (χ3v) is 4.85. The van der Waals surface area contributed by atoms with E-state index in [0.29, 0.717) is 17.4 Å². The van der Waals surface area contributed by atoms with Crippen molar-refractivity contribution in [1.29, 1.82) is 0 Å². The van der Waals surface area contributed by atoms with Crippen LogP contribution in [0.2, 0.25) is 0 Å². The normalized spacial score (nSPS) is 21.8. The summed E-state index contributed by atoms with van der Waals surface area (Å²) in [5, 5.41) is 12.6. The number of carbonyl (C=O) groups excluding carboxylic acids is 1. The number of aromatic nitrogens is 1. The van der Waals surface area contributed by atoms with Gasteiger partial charge in [0, 0.05) is 31.9 Å². The highest BCUT2D eigenvalue weighted by Gasteiger charge is 2.33. The first kappa shape index (κ1) is 17.4. The van der Waals surface area contributed by atoms with Crippen molar-refractivity contribution in [2.24, 2.45) is 11.8 Å². The van der Waals surface area contributed by atoms with E-state index in [1.165, 1.54) is 24.0 Å². The van der Waals surface area contributed by atoms with Crippen molar-refractivity contribution in [3.8, 4) is 5.75 Å². The highest BCUT2D eigenvalue weighted by molar-refractivity contribution is 5.94. The number of benzene rings is 1. The largest absolute Gasteiger partial charge is 0.506 e. The van der Waals surface area contributed by atoms with Gasteiger partial charge in [-0.2, -0.15) is 0 Å². The van der Waals surface area contributed by atoms with Crippen LogP contribution >= 0.6 is 0 Å². The zero-order valence-corrected chi connectivity index (χ0v) is 14.7. The average molecular weight is 339 g/mol. The first-order valence-corrected chi connectivity index (χ1v) is 8.74. The lowest BCUT2D eigenvalue weighted by Crippen LogP contribution is -2.54. The van der Waals surface area contributed by atoms with Crippen LogP contribution in [0.3, 0.4) is 0 Å². The fraction of sp³-hybridized carbons (Fsp3) is 0.400. The van der Waals surface area contributed by atoms with Gasteiger partial charge < -0.3 is 10.4 Å². The fourth-order valence-corrected chi connectivity index (χ4v) is 3.72. The monoisotopic (exact) mass is 339 g/mol. The second-order valence-corrected chi connectivity index (χ2v) is 7.07. The molecule has 0 unspecified atom stereocenters. The lowest BCUT2D eigenvalue weighted by Gasteiger charge is -2.41. The van der Waals surface area contributed by atoms with Gasteiger partial charge in [0.05, 0.1) is 11.8 Å². The van der Waals surface area contributed by atoms with E-state index in [-0.39, 0.29) is 17.7 Å². The van der Waals surface area contributed by atoms with E-state index >= 15 is 0 Å². The van der Waals surface area contributed by atoms with Gasteiger partial charge >= 0.3 is 0 Å². The van der Waals surface area contributed by atoms with Crippen molar-refractivity contribution in [1.82, 2.24) is 15.2 Å². The zero-order valence-electron chi connectivity index (χ0n) is 14.7. The van der Waals surface area contributed by atoms with Crippen LogP contribution in [0.4, 0.5) is 0 Å². The van der Waals surface area contributed by atoms with Crippen LogP contribution < -0.4 is 5.32 Å². The summed E-state index contributed by atoms with van der Waals surface area (Å²) in [4.78, 5) is 18.8. The first-order valence-electron chi connectivity index (χ1n) is 8.74. The minimum absolute atomic E-state index is 0.00595. The van der Waals surface area contributed by atoms with Crippen LogP contribution in [-0.4, -0.2) is 40.0 Å². The first-order chi connectivity index (χ1) is 12.0. The molecular weight excluding hydrogens is 314 g/mol. The van der Waals surface area contributed by atoms with Gasteiger partial charge in [-0.05, 0) is 23.5 Å². The molecule has 1 aliphatic heterocycles. The number of pyridine rings is 1. The van der Waals surface area contributed by atoms with Gasteiger partial charge in [0.1, 0.15) is 5.75 Å². The van der Waals surface area contributed by atoms with Gasteiger partial charge in [-0.15, -0.1) is 0 Å². The summed E-state index contributed by atoms with van der Waals surface area (Å²) in [5.74, 6) is 0.526. The Kier molecular flexibility index (Phi) is 5.34. The molecule has 1 aromatic carbocycles. The number of nitrogens with zero attached hydrogens (tertiary/aromatic N) is 2. The number of piperidine rings is 1. The molecule has 0 radical (unpaired) electrons. The molecular formula is C20H25N3O2. The summed E-state index contributed by atoms with van der Waals surface area (Å²) in [6, 6.07) is 12.0. The summed E-state index contributed by atoms with van der Waals surface area (Å²) in [6.45, 7) is 7.19. The Hall–Kier alpha value is -2.40. The van der Waals surface area contributed by atoms with Crippen molar-refractivity contribution in [2.75, 3.05) is 13.1 Å². The van der Waals surface area contributed by atoms with Crippen LogP contribution in [0.1, 0.15) is 29.8 Å². The molecule has 0 spiro atoms. The number of aromatic hydroxyl groups is 1. The Morgan fingerprint density at radius 1 is 1.20 bits per heavy atom. The Morgan fingerprint density at radius 2 is 1.88 bits per heavy atom. The molecule has 2 atom stereocenters. The summed E-state index contributed by atoms with van der Waals surface area (Å²) in [5.41, 5.74) is 1.71. The summed E-state index contributed by atoms with van der Waals surface area (Å²) in [7, 11) is 0. The van der Waals surface area contributed by atoms with Gasteiger partial charge in [0.2, 0.25) is 0 Å². The van der Waals surface area contributed by atoms with E-state index in [2.05, 4.69) is 53.3 Å². The maximum atomic E-state index is 12.5. The molecule has 5 nitrogen and oxygen atoms in total. The molecule has 132 valence electrons.